The zero-order valence-corrected chi connectivity index (χ0v) is 14.3. The highest BCUT2D eigenvalue weighted by atomic mass is 32.2. The summed E-state index contributed by atoms with van der Waals surface area (Å²) in [5.74, 6) is -0.342. The number of benzene rings is 2. The van der Waals surface area contributed by atoms with E-state index in [2.05, 4.69) is 4.72 Å². The predicted octanol–water partition coefficient (Wildman–Crippen LogP) is 2.11. The van der Waals surface area contributed by atoms with Crippen LogP contribution >= 0.6 is 0 Å². The summed E-state index contributed by atoms with van der Waals surface area (Å²) in [5, 5.41) is 10.5. The van der Waals surface area contributed by atoms with Crippen molar-refractivity contribution in [3.8, 4) is 11.5 Å². The van der Waals surface area contributed by atoms with Crippen LogP contribution in [0.5, 0.6) is 11.5 Å². The summed E-state index contributed by atoms with van der Waals surface area (Å²) in [5.41, 5.74) is -0.197. The van der Waals surface area contributed by atoms with E-state index < -0.39 is 27.3 Å². The predicted molar refractivity (Wildman–Crippen MR) is 90.2 cm³/mol. The molecule has 0 radical (unpaired) electrons. The Morgan fingerprint density at radius 1 is 1.04 bits per heavy atom. The molecule has 0 aromatic heterocycles. The maximum Gasteiger partial charge on any atom is 0.262 e. The number of ketones is 1. The highest BCUT2D eigenvalue weighted by Gasteiger charge is 2.34. The minimum Gasteiger partial charge on any atom is -0.505 e. The van der Waals surface area contributed by atoms with Crippen molar-refractivity contribution in [1.29, 1.82) is 0 Å². The number of rotatable bonds is 3. The van der Waals surface area contributed by atoms with Gasteiger partial charge in [-0.05, 0) is 30.3 Å². The Morgan fingerprint density at radius 3 is 2.40 bits per heavy atom. The van der Waals surface area contributed by atoms with E-state index in [9.17, 15) is 18.3 Å². The molecule has 0 aliphatic carbocycles. The van der Waals surface area contributed by atoms with Crippen LogP contribution in [0.15, 0.2) is 53.1 Å². The molecule has 2 N–H and O–H groups in total. The number of hydrogen-bond acceptors (Lipinski definition) is 6. The third-order valence-corrected chi connectivity index (χ3v) is 5.19. The number of aliphatic hydroxyl groups excluding tert-OH is 1. The largest absolute Gasteiger partial charge is 0.505 e. The Kier molecular flexibility index (Phi) is 4.13. The zero-order valence-electron chi connectivity index (χ0n) is 13.4. The van der Waals surface area contributed by atoms with Crippen molar-refractivity contribution in [2.24, 2.45) is 0 Å². The van der Waals surface area contributed by atoms with Gasteiger partial charge in [-0.3, -0.25) is 9.52 Å². The van der Waals surface area contributed by atoms with Gasteiger partial charge in [0.05, 0.1) is 19.1 Å². The molecule has 130 valence electrons. The van der Waals surface area contributed by atoms with Gasteiger partial charge in [-0.25, -0.2) is 8.42 Å². The van der Waals surface area contributed by atoms with Gasteiger partial charge in [0, 0.05) is 11.1 Å². The Balaban J connectivity index is 2.17. The summed E-state index contributed by atoms with van der Waals surface area (Å²) in [4.78, 5) is 12.5. The summed E-state index contributed by atoms with van der Waals surface area (Å²) in [7, 11) is -1.06. The van der Waals surface area contributed by atoms with Gasteiger partial charge < -0.3 is 14.6 Å². The molecule has 7 nitrogen and oxygen atoms in total. The van der Waals surface area contributed by atoms with Crippen LogP contribution in [0.1, 0.15) is 15.9 Å². The van der Waals surface area contributed by atoms with Crippen LogP contribution < -0.4 is 14.2 Å². The summed E-state index contributed by atoms with van der Waals surface area (Å²) in [6.07, 6.45) is 0. The molecular weight excluding hydrogens is 346 g/mol. The standard InChI is InChI=1S/C17H15NO6S/c1-23-12-8-7-10(9-13(12)24-2)16(19)15-17(20)11-5-3-4-6-14(11)25(21,22)18-15/h3-9,18-19H,1-2H3/b16-15+. The Bertz CT molecular complexity index is 994. The SMILES string of the molecule is COc1ccc(/C(O)=C2\NS(=O)(=O)c3ccccc3C2=O)cc1OC. The van der Waals surface area contributed by atoms with Crippen molar-refractivity contribution in [2.45, 2.75) is 4.90 Å². The minimum atomic E-state index is -3.95. The monoisotopic (exact) mass is 361 g/mol. The quantitative estimate of drug-likeness (QED) is 0.641. The third-order valence-electron chi connectivity index (χ3n) is 3.78. The molecule has 0 fully saturated rings. The summed E-state index contributed by atoms with van der Waals surface area (Å²) in [6.45, 7) is 0. The number of sulfonamides is 1. The molecule has 25 heavy (non-hydrogen) atoms. The van der Waals surface area contributed by atoms with Crippen LogP contribution in [0, 0.1) is 0 Å². The van der Waals surface area contributed by atoms with Crippen LogP contribution in [0.4, 0.5) is 0 Å². The number of methoxy groups -OCH3 is 2. The molecule has 1 heterocycles. The molecule has 0 saturated carbocycles. The van der Waals surface area contributed by atoms with E-state index >= 15 is 0 Å². The second-order valence-corrected chi connectivity index (χ2v) is 6.87. The first-order valence-electron chi connectivity index (χ1n) is 7.21. The first-order valence-corrected chi connectivity index (χ1v) is 8.69. The lowest BCUT2D eigenvalue weighted by Crippen LogP contribution is -2.35. The molecule has 8 heteroatoms. The lowest BCUT2D eigenvalue weighted by atomic mass is 10.0. The average molecular weight is 361 g/mol. The van der Waals surface area contributed by atoms with Gasteiger partial charge in [-0.2, -0.15) is 0 Å². The fraction of sp³-hybridized carbons (Fsp3) is 0.118. The molecule has 0 amide bonds. The number of Topliss-reactive ketones (excluding diaryl/α,β-unsaturated/α-hetero) is 1. The number of ether oxygens (including phenoxy) is 2. The van der Waals surface area contributed by atoms with Gasteiger partial charge in [-0.1, -0.05) is 12.1 Å². The maximum atomic E-state index is 12.6. The van der Waals surface area contributed by atoms with E-state index in [-0.39, 0.29) is 16.0 Å². The van der Waals surface area contributed by atoms with E-state index in [0.717, 1.165) is 0 Å². The van der Waals surface area contributed by atoms with E-state index in [1.807, 2.05) is 0 Å². The molecule has 2 aromatic rings. The van der Waals surface area contributed by atoms with Crippen molar-refractivity contribution < 1.29 is 27.8 Å². The number of hydrogen-bond donors (Lipinski definition) is 2. The van der Waals surface area contributed by atoms with Gasteiger partial charge in [0.15, 0.2) is 17.3 Å². The molecule has 0 unspecified atom stereocenters. The van der Waals surface area contributed by atoms with Gasteiger partial charge in [0.2, 0.25) is 5.78 Å². The van der Waals surface area contributed by atoms with Crippen LogP contribution in [-0.2, 0) is 10.0 Å². The molecule has 1 aliphatic rings. The lowest BCUT2D eigenvalue weighted by molar-refractivity contribution is 0.102. The number of carbonyl (C=O) groups is 1. The second-order valence-electron chi connectivity index (χ2n) is 5.22. The van der Waals surface area contributed by atoms with Crippen molar-refractivity contribution in [1.82, 2.24) is 4.72 Å². The summed E-state index contributed by atoms with van der Waals surface area (Å²) < 4.78 is 37.1. The fourth-order valence-corrected chi connectivity index (χ4v) is 3.82. The van der Waals surface area contributed by atoms with Gasteiger partial charge in [0.1, 0.15) is 5.70 Å². The summed E-state index contributed by atoms with van der Waals surface area (Å²) >= 11 is 0. The number of fused-ring (bicyclic) bond motifs is 1. The molecule has 3 rings (SSSR count). The first-order chi connectivity index (χ1) is 11.9. The van der Waals surface area contributed by atoms with Gasteiger partial charge >= 0.3 is 0 Å². The highest BCUT2D eigenvalue weighted by Crippen LogP contribution is 2.32. The van der Waals surface area contributed by atoms with E-state index in [1.54, 1.807) is 12.1 Å². The number of allylic oxidation sites excluding steroid dienone is 1. The molecule has 0 atom stereocenters. The summed E-state index contributed by atoms with van der Waals surface area (Å²) in [6, 6.07) is 10.3. The normalized spacial score (nSPS) is 17.3. The Labute approximate surface area is 144 Å². The maximum absolute atomic E-state index is 12.6. The molecule has 0 bridgehead atoms. The van der Waals surface area contributed by atoms with E-state index in [0.29, 0.717) is 11.5 Å². The van der Waals surface area contributed by atoms with Crippen molar-refractivity contribution in [3.05, 3.63) is 59.3 Å². The average Bonchev–Trinajstić information content (AvgIpc) is 2.63. The Morgan fingerprint density at radius 2 is 1.72 bits per heavy atom. The van der Waals surface area contributed by atoms with Crippen LogP contribution in [0.3, 0.4) is 0 Å². The molecular formula is C17H15NO6S. The second kappa shape index (κ2) is 6.14. The van der Waals surface area contributed by atoms with Crippen LogP contribution in [0.2, 0.25) is 0 Å². The van der Waals surface area contributed by atoms with Crippen molar-refractivity contribution in [3.63, 3.8) is 0 Å². The zero-order chi connectivity index (χ0) is 18.2. The smallest absolute Gasteiger partial charge is 0.262 e. The van der Waals surface area contributed by atoms with E-state index in [4.69, 9.17) is 9.47 Å². The third kappa shape index (κ3) is 2.80. The van der Waals surface area contributed by atoms with Crippen molar-refractivity contribution in [2.75, 3.05) is 14.2 Å². The number of aliphatic hydroxyl groups is 1. The van der Waals surface area contributed by atoms with Crippen LogP contribution in [0.25, 0.3) is 5.76 Å². The molecule has 1 aliphatic heterocycles. The topological polar surface area (TPSA) is 102 Å². The Hall–Kier alpha value is -3.00. The first kappa shape index (κ1) is 16.8. The molecule has 2 aromatic carbocycles. The fourth-order valence-electron chi connectivity index (χ4n) is 2.54. The van der Waals surface area contributed by atoms with Gasteiger partial charge in [0.25, 0.3) is 10.0 Å². The number of carbonyl (C=O) groups excluding carboxylic acids is 1. The molecule has 0 spiro atoms. The minimum absolute atomic E-state index is 0.00303. The van der Waals surface area contributed by atoms with Crippen molar-refractivity contribution >= 4 is 21.6 Å². The molecule has 0 saturated heterocycles. The van der Waals surface area contributed by atoms with Gasteiger partial charge in [-0.15, -0.1) is 0 Å². The lowest BCUT2D eigenvalue weighted by Gasteiger charge is -2.20. The highest BCUT2D eigenvalue weighted by molar-refractivity contribution is 7.90. The van der Waals surface area contributed by atoms with E-state index in [1.165, 1.54) is 44.6 Å². The number of nitrogens with one attached hydrogen (secondary N) is 1. The van der Waals surface area contributed by atoms with Crippen LogP contribution in [-0.4, -0.2) is 33.5 Å².